The minimum Gasteiger partial charge on any atom is -0.267 e. The van der Waals surface area contributed by atoms with Crippen LogP contribution in [0.5, 0.6) is 0 Å². The molecule has 0 saturated heterocycles. The average Bonchev–Trinajstić information content (AvgIpc) is 2.78. The third-order valence-corrected chi connectivity index (χ3v) is 3.97. The number of thiophene rings is 1. The van der Waals surface area contributed by atoms with Crippen molar-refractivity contribution in [2.45, 2.75) is 20.8 Å². The summed E-state index contributed by atoms with van der Waals surface area (Å²) in [6.07, 6.45) is 1.68. The Kier molecular flexibility index (Phi) is 4.12. The van der Waals surface area contributed by atoms with E-state index in [1.54, 1.807) is 17.6 Å². The molecule has 1 aromatic carbocycles. The van der Waals surface area contributed by atoms with Gasteiger partial charge in [0, 0.05) is 10.4 Å². The molecule has 98 valence electrons. The normalized spacial score (nSPS) is 10.9. The summed E-state index contributed by atoms with van der Waals surface area (Å²) in [6.45, 7) is 6.03. The molecule has 0 spiro atoms. The van der Waals surface area contributed by atoms with Crippen LogP contribution in [0.15, 0.2) is 34.7 Å². The van der Waals surface area contributed by atoms with Crippen molar-refractivity contribution in [1.29, 1.82) is 0 Å². The van der Waals surface area contributed by atoms with E-state index in [0.717, 1.165) is 16.0 Å². The van der Waals surface area contributed by atoms with Crippen molar-refractivity contribution < 1.29 is 4.79 Å². The van der Waals surface area contributed by atoms with Crippen LogP contribution in [0.4, 0.5) is 0 Å². The number of nitrogens with zero attached hydrogens (tertiary/aromatic N) is 1. The Labute approximate surface area is 117 Å². The third kappa shape index (κ3) is 3.29. The smallest absolute Gasteiger partial charge is 0.267 e. The molecule has 1 amide bonds. The first-order valence-corrected chi connectivity index (χ1v) is 6.90. The summed E-state index contributed by atoms with van der Waals surface area (Å²) in [5.41, 5.74) is 6.62. The lowest BCUT2D eigenvalue weighted by Crippen LogP contribution is -2.17. The van der Waals surface area contributed by atoms with Gasteiger partial charge in [-0.1, -0.05) is 6.07 Å². The number of aryl methyl sites for hydroxylation is 3. The first kappa shape index (κ1) is 13.5. The standard InChI is InChI=1S/C15H16N2OS/c1-10-4-5-13(8-12(10)3)15(18)17-16-9-14-11(2)6-7-19-14/h4-9H,1-3H3,(H,17,18)/b16-9+. The van der Waals surface area contributed by atoms with Gasteiger partial charge in [0.25, 0.3) is 5.91 Å². The lowest BCUT2D eigenvalue weighted by Gasteiger charge is -2.03. The molecule has 0 unspecified atom stereocenters. The summed E-state index contributed by atoms with van der Waals surface area (Å²) < 4.78 is 0. The maximum atomic E-state index is 11.9. The van der Waals surface area contributed by atoms with Gasteiger partial charge in [-0.05, 0) is 61.0 Å². The van der Waals surface area contributed by atoms with Gasteiger partial charge in [0.2, 0.25) is 0 Å². The molecule has 1 heterocycles. The number of hydrogen-bond acceptors (Lipinski definition) is 3. The molecule has 0 saturated carbocycles. The van der Waals surface area contributed by atoms with Gasteiger partial charge in [-0.3, -0.25) is 4.79 Å². The first-order chi connectivity index (χ1) is 9.08. The van der Waals surface area contributed by atoms with E-state index in [2.05, 4.69) is 10.5 Å². The molecular weight excluding hydrogens is 256 g/mol. The van der Waals surface area contributed by atoms with Crippen molar-refractivity contribution in [1.82, 2.24) is 5.43 Å². The lowest BCUT2D eigenvalue weighted by atomic mass is 10.1. The summed E-state index contributed by atoms with van der Waals surface area (Å²) in [7, 11) is 0. The Morgan fingerprint density at radius 1 is 1.16 bits per heavy atom. The Hall–Kier alpha value is -1.94. The van der Waals surface area contributed by atoms with Crippen LogP contribution in [0.1, 0.15) is 31.9 Å². The van der Waals surface area contributed by atoms with Gasteiger partial charge in [0.15, 0.2) is 0 Å². The number of rotatable bonds is 3. The van der Waals surface area contributed by atoms with Crippen molar-refractivity contribution in [2.75, 3.05) is 0 Å². The van der Waals surface area contributed by atoms with Crippen molar-refractivity contribution in [2.24, 2.45) is 5.10 Å². The molecule has 19 heavy (non-hydrogen) atoms. The lowest BCUT2D eigenvalue weighted by molar-refractivity contribution is 0.0955. The molecule has 0 radical (unpaired) electrons. The molecule has 0 bridgehead atoms. The van der Waals surface area contributed by atoms with E-state index in [0.29, 0.717) is 5.56 Å². The van der Waals surface area contributed by atoms with Crippen LogP contribution in [0, 0.1) is 20.8 Å². The van der Waals surface area contributed by atoms with Crippen molar-refractivity contribution in [3.8, 4) is 0 Å². The fourth-order valence-corrected chi connectivity index (χ4v) is 2.40. The van der Waals surface area contributed by atoms with Crippen LogP contribution in [0.3, 0.4) is 0 Å². The highest BCUT2D eigenvalue weighted by Gasteiger charge is 2.05. The molecule has 0 aliphatic heterocycles. The molecule has 0 aliphatic rings. The van der Waals surface area contributed by atoms with E-state index < -0.39 is 0 Å². The zero-order chi connectivity index (χ0) is 13.8. The number of nitrogens with one attached hydrogen (secondary N) is 1. The van der Waals surface area contributed by atoms with E-state index in [1.807, 2.05) is 50.4 Å². The zero-order valence-corrected chi connectivity index (χ0v) is 12.0. The van der Waals surface area contributed by atoms with Crippen LogP contribution in [0.2, 0.25) is 0 Å². The quantitative estimate of drug-likeness (QED) is 0.675. The van der Waals surface area contributed by atoms with Crippen LogP contribution in [-0.4, -0.2) is 12.1 Å². The second-order valence-electron chi connectivity index (χ2n) is 4.47. The number of hydrazone groups is 1. The number of carbonyl (C=O) groups excluding carboxylic acids is 1. The molecule has 3 nitrogen and oxygen atoms in total. The Bertz CT molecular complexity index is 629. The van der Waals surface area contributed by atoms with Gasteiger partial charge in [0.1, 0.15) is 0 Å². The number of carbonyl (C=O) groups is 1. The fourth-order valence-electron chi connectivity index (χ4n) is 1.61. The maximum absolute atomic E-state index is 11.9. The van der Waals surface area contributed by atoms with Crippen LogP contribution >= 0.6 is 11.3 Å². The SMILES string of the molecule is Cc1ccc(C(=O)N/N=C/c2sccc2C)cc1C. The van der Waals surface area contributed by atoms with Gasteiger partial charge in [-0.15, -0.1) is 11.3 Å². The van der Waals surface area contributed by atoms with Crippen LogP contribution in [0.25, 0.3) is 0 Å². The topological polar surface area (TPSA) is 41.5 Å². The second-order valence-corrected chi connectivity index (χ2v) is 5.41. The molecule has 2 aromatic rings. The number of benzene rings is 1. The minimum atomic E-state index is -0.187. The molecule has 0 aliphatic carbocycles. The minimum absolute atomic E-state index is 0.187. The van der Waals surface area contributed by atoms with Crippen LogP contribution < -0.4 is 5.43 Å². The third-order valence-electron chi connectivity index (χ3n) is 3.02. The van der Waals surface area contributed by atoms with E-state index in [4.69, 9.17) is 0 Å². The summed E-state index contributed by atoms with van der Waals surface area (Å²) in [6, 6.07) is 7.65. The Balaban J connectivity index is 2.03. The summed E-state index contributed by atoms with van der Waals surface area (Å²) >= 11 is 1.60. The predicted octanol–water partition coefficient (Wildman–Crippen LogP) is 3.44. The summed E-state index contributed by atoms with van der Waals surface area (Å²) in [4.78, 5) is 13.0. The average molecular weight is 272 g/mol. The first-order valence-electron chi connectivity index (χ1n) is 6.02. The van der Waals surface area contributed by atoms with Gasteiger partial charge >= 0.3 is 0 Å². The van der Waals surface area contributed by atoms with Gasteiger partial charge < -0.3 is 0 Å². The molecule has 1 N–H and O–H groups in total. The predicted molar refractivity (Wildman–Crippen MR) is 80.0 cm³/mol. The summed E-state index contributed by atoms with van der Waals surface area (Å²) in [5, 5.41) is 5.99. The highest BCUT2D eigenvalue weighted by Crippen LogP contribution is 2.12. The van der Waals surface area contributed by atoms with Gasteiger partial charge in [0.05, 0.1) is 6.21 Å². The van der Waals surface area contributed by atoms with Gasteiger partial charge in [-0.25, -0.2) is 5.43 Å². The summed E-state index contributed by atoms with van der Waals surface area (Å²) in [5.74, 6) is -0.187. The fraction of sp³-hybridized carbons (Fsp3) is 0.200. The van der Waals surface area contributed by atoms with Crippen molar-refractivity contribution in [3.63, 3.8) is 0 Å². The number of amides is 1. The van der Waals surface area contributed by atoms with E-state index >= 15 is 0 Å². The molecule has 4 heteroatoms. The van der Waals surface area contributed by atoms with Crippen molar-refractivity contribution in [3.05, 3.63) is 56.8 Å². The zero-order valence-electron chi connectivity index (χ0n) is 11.2. The molecule has 2 rings (SSSR count). The molecule has 0 fully saturated rings. The Morgan fingerprint density at radius 3 is 2.58 bits per heavy atom. The molecular formula is C15H16N2OS. The Morgan fingerprint density at radius 2 is 1.95 bits per heavy atom. The van der Waals surface area contributed by atoms with Crippen LogP contribution in [-0.2, 0) is 0 Å². The molecule has 1 aromatic heterocycles. The van der Waals surface area contributed by atoms with E-state index in [9.17, 15) is 4.79 Å². The van der Waals surface area contributed by atoms with E-state index in [1.165, 1.54) is 5.56 Å². The highest BCUT2D eigenvalue weighted by molar-refractivity contribution is 7.11. The van der Waals surface area contributed by atoms with Crippen molar-refractivity contribution >= 4 is 23.5 Å². The largest absolute Gasteiger partial charge is 0.271 e. The monoisotopic (exact) mass is 272 g/mol. The number of hydrogen-bond donors (Lipinski definition) is 1. The van der Waals surface area contributed by atoms with Gasteiger partial charge in [-0.2, -0.15) is 5.10 Å². The highest BCUT2D eigenvalue weighted by atomic mass is 32.1. The molecule has 0 atom stereocenters. The maximum Gasteiger partial charge on any atom is 0.271 e. The van der Waals surface area contributed by atoms with E-state index in [-0.39, 0.29) is 5.91 Å². The second kappa shape index (κ2) is 5.80.